The zero-order valence-corrected chi connectivity index (χ0v) is 12.9. The van der Waals surface area contributed by atoms with E-state index in [-0.39, 0.29) is 11.9 Å². The summed E-state index contributed by atoms with van der Waals surface area (Å²) in [4.78, 5) is 14.3. The number of hydrogen-bond donors (Lipinski definition) is 1. The van der Waals surface area contributed by atoms with Crippen LogP contribution in [-0.4, -0.2) is 29.9 Å². The van der Waals surface area contributed by atoms with Crippen molar-refractivity contribution in [3.63, 3.8) is 0 Å². The lowest BCUT2D eigenvalue weighted by atomic mass is 10.1. The third kappa shape index (κ3) is 3.83. The van der Waals surface area contributed by atoms with E-state index in [2.05, 4.69) is 37.4 Å². The maximum atomic E-state index is 12.3. The smallest absolute Gasteiger partial charge is 0.239 e. The van der Waals surface area contributed by atoms with Crippen molar-refractivity contribution in [1.82, 2.24) is 10.2 Å². The molecular weight excluding hydrogens is 248 g/mol. The number of carbonyl (C=O) groups excluding carboxylic acids is 1. The third-order valence-electron chi connectivity index (χ3n) is 4.13. The van der Waals surface area contributed by atoms with E-state index in [0.29, 0.717) is 0 Å². The molecule has 1 amide bonds. The normalized spacial score (nSPS) is 17.1. The lowest BCUT2D eigenvalue weighted by molar-refractivity contribution is -0.133. The van der Waals surface area contributed by atoms with E-state index in [1.807, 2.05) is 11.8 Å². The summed E-state index contributed by atoms with van der Waals surface area (Å²) in [6.07, 6.45) is 3.55. The minimum atomic E-state index is -0.103. The van der Waals surface area contributed by atoms with Crippen molar-refractivity contribution in [3.8, 4) is 0 Å². The van der Waals surface area contributed by atoms with Gasteiger partial charge in [-0.3, -0.25) is 4.79 Å². The molecule has 1 fully saturated rings. The fraction of sp³-hybridized carbons (Fsp3) is 0.588. The predicted octanol–water partition coefficient (Wildman–Crippen LogP) is 2.79. The Bertz CT molecular complexity index is 464. The van der Waals surface area contributed by atoms with Gasteiger partial charge >= 0.3 is 0 Å². The number of nitrogens with one attached hydrogen (secondary N) is 1. The lowest BCUT2D eigenvalue weighted by Gasteiger charge is -2.29. The molecule has 3 nitrogen and oxygen atoms in total. The summed E-state index contributed by atoms with van der Waals surface area (Å²) in [7, 11) is 0. The van der Waals surface area contributed by atoms with Crippen molar-refractivity contribution in [2.75, 3.05) is 13.1 Å². The predicted molar refractivity (Wildman–Crippen MR) is 82.6 cm³/mol. The molecule has 1 saturated heterocycles. The number of likely N-dealkylation sites (tertiary alicyclic amines) is 1. The van der Waals surface area contributed by atoms with Crippen LogP contribution >= 0.6 is 0 Å². The largest absolute Gasteiger partial charge is 0.341 e. The van der Waals surface area contributed by atoms with Gasteiger partial charge in [0.2, 0.25) is 5.91 Å². The lowest BCUT2D eigenvalue weighted by Crippen LogP contribution is -2.46. The van der Waals surface area contributed by atoms with Crippen molar-refractivity contribution < 1.29 is 4.79 Å². The molecule has 0 radical (unpaired) electrons. The van der Waals surface area contributed by atoms with E-state index in [0.717, 1.165) is 32.5 Å². The Balaban J connectivity index is 1.87. The van der Waals surface area contributed by atoms with Crippen LogP contribution in [0.15, 0.2) is 18.2 Å². The first-order valence-corrected chi connectivity index (χ1v) is 7.66. The molecule has 1 aliphatic heterocycles. The Kier molecular flexibility index (Phi) is 5.18. The van der Waals surface area contributed by atoms with E-state index in [1.165, 1.54) is 23.1 Å². The highest BCUT2D eigenvalue weighted by atomic mass is 16.2. The van der Waals surface area contributed by atoms with Crippen molar-refractivity contribution in [2.45, 2.75) is 52.6 Å². The Morgan fingerprint density at radius 2 is 1.95 bits per heavy atom. The van der Waals surface area contributed by atoms with Crippen LogP contribution in [0.3, 0.4) is 0 Å². The third-order valence-corrected chi connectivity index (χ3v) is 4.13. The summed E-state index contributed by atoms with van der Waals surface area (Å²) in [5.74, 6) is 0.245. The van der Waals surface area contributed by atoms with Gasteiger partial charge in [0.1, 0.15) is 0 Å². The number of benzene rings is 1. The van der Waals surface area contributed by atoms with Crippen LogP contribution < -0.4 is 5.32 Å². The molecule has 1 heterocycles. The molecule has 1 aliphatic rings. The van der Waals surface area contributed by atoms with E-state index in [4.69, 9.17) is 0 Å². The van der Waals surface area contributed by atoms with E-state index < -0.39 is 0 Å². The van der Waals surface area contributed by atoms with Crippen LogP contribution in [0.5, 0.6) is 0 Å². The summed E-state index contributed by atoms with van der Waals surface area (Å²) < 4.78 is 0. The van der Waals surface area contributed by atoms with Gasteiger partial charge < -0.3 is 10.2 Å². The number of carbonyl (C=O) groups is 1. The van der Waals surface area contributed by atoms with Crippen LogP contribution in [0.2, 0.25) is 0 Å². The molecular formula is C17H26N2O. The second-order valence-corrected chi connectivity index (χ2v) is 5.92. The van der Waals surface area contributed by atoms with Gasteiger partial charge in [0, 0.05) is 19.6 Å². The molecule has 1 aromatic rings. The van der Waals surface area contributed by atoms with E-state index in [1.54, 1.807) is 0 Å². The molecule has 0 saturated carbocycles. The molecule has 20 heavy (non-hydrogen) atoms. The number of hydrogen-bond acceptors (Lipinski definition) is 2. The average Bonchev–Trinajstić information content (AvgIpc) is 2.46. The van der Waals surface area contributed by atoms with Crippen LogP contribution in [0.4, 0.5) is 0 Å². The van der Waals surface area contributed by atoms with Gasteiger partial charge in [0.15, 0.2) is 0 Å². The highest BCUT2D eigenvalue weighted by Crippen LogP contribution is 2.12. The van der Waals surface area contributed by atoms with Crippen LogP contribution in [0.1, 0.15) is 42.9 Å². The molecule has 3 heteroatoms. The standard InChI is InChI=1S/C17H26N2O/c1-13-7-8-16(14(2)11-13)12-18-15(3)17(20)19-9-5-4-6-10-19/h7-8,11,15,18H,4-6,9-10,12H2,1-3H3. The number of rotatable bonds is 4. The first-order valence-electron chi connectivity index (χ1n) is 7.66. The zero-order chi connectivity index (χ0) is 14.5. The molecule has 110 valence electrons. The first kappa shape index (κ1) is 15.0. The minimum Gasteiger partial charge on any atom is -0.341 e. The topological polar surface area (TPSA) is 32.3 Å². The van der Waals surface area contributed by atoms with Gasteiger partial charge in [-0.1, -0.05) is 23.8 Å². The van der Waals surface area contributed by atoms with Gasteiger partial charge in [0.25, 0.3) is 0 Å². The van der Waals surface area contributed by atoms with Gasteiger partial charge in [-0.25, -0.2) is 0 Å². The summed E-state index contributed by atoms with van der Waals surface area (Å²) in [5, 5.41) is 3.37. The average molecular weight is 274 g/mol. The molecule has 1 unspecified atom stereocenters. The maximum absolute atomic E-state index is 12.3. The first-order chi connectivity index (χ1) is 9.58. The molecule has 2 rings (SSSR count). The Hall–Kier alpha value is -1.35. The molecule has 0 bridgehead atoms. The molecule has 1 atom stereocenters. The van der Waals surface area contributed by atoms with Crippen molar-refractivity contribution in [3.05, 3.63) is 34.9 Å². The fourth-order valence-corrected chi connectivity index (χ4v) is 2.78. The highest BCUT2D eigenvalue weighted by Gasteiger charge is 2.21. The van der Waals surface area contributed by atoms with Crippen LogP contribution in [0, 0.1) is 13.8 Å². The molecule has 0 aliphatic carbocycles. The quantitative estimate of drug-likeness (QED) is 0.915. The summed E-state index contributed by atoms with van der Waals surface area (Å²) >= 11 is 0. The van der Waals surface area contributed by atoms with Gasteiger partial charge in [-0.15, -0.1) is 0 Å². The van der Waals surface area contributed by atoms with E-state index >= 15 is 0 Å². The minimum absolute atomic E-state index is 0.103. The highest BCUT2D eigenvalue weighted by molar-refractivity contribution is 5.81. The molecule has 0 spiro atoms. The molecule has 0 aromatic heterocycles. The fourth-order valence-electron chi connectivity index (χ4n) is 2.78. The van der Waals surface area contributed by atoms with E-state index in [9.17, 15) is 4.79 Å². The van der Waals surface area contributed by atoms with Crippen molar-refractivity contribution >= 4 is 5.91 Å². The van der Waals surface area contributed by atoms with Gasteiger partial charge in [-0.2, -0.15) is 0 Å². The van der Waals surface area contributed by atoms with Gasteiger partial charge in [0.05, 0.1) is 6.04 Å². The van der Waals surface area contributed by atoms with Crippen molar-refractivity contribution in [2.24, 2.45) is 0 Å². The Labute approximate surface area is 122 Å². The monoisotopic (exact) mass is 274 g/mol. The second kappa shape index (κ2) is 6.89. The summed E-state index contributed by atoms with van der Waals surface area (Å²) in [5.41, 5.74) is 3.84. The second-order valence-electron chi connectivity index (χ2n) is 5.92. The Morgan fingerprint density at radius 1 is 1.25 bits per heavy atom. The van der Waals surface area contributed by atoms with Crippen LogP contribution in [0.25, 0.3) is 0 Å². The SMILES string of the molecule is Cc1ccc(CNC(C)C(=O)N2CCCCC2)c(C)c1. The van der Waals surface area contributed by atoms with Gasteiger partial charge in [-0.05, 0) is 51.2 Å². The van der Waals surface area contributed by atoms with Crippen LogP contribution in [-0.2, 0) is 11.3 Å². The number of aryl methyl sites for hydroxylation is 2. The molecule has 1 aromatic carbocycles. The molecule has 1 N–H and O–H groups in total. The number of nitrogens with zero attached hydrogens (tertiary/aromatic N) is 1. The Morgan fingerprint density at radius 3 is 2.60 bits per heavy atom. The zero-order valence-electron chi connectivity index (χ0n) is 12.9. The van der Waals surface area contributed by atoms with Crippen molar-refractivity contribution in [1.29, 1.82) is 0 Å². The number of amides is 1. The number of piperidine rings is 1. The summed E-state index contributed by atoms with van der Waals surface area (Å²) in [6.45, 7) is 8.81. The summed E-state index contributed by atoms with van der Waals surface area (Å²) in [6, 6.07) is 6.36. The maximum Gasteiger partial charge on any atom is 0.239 e.